The van der Waals surface area contributed by atoms with E-state index in [4.69, 9.17) is 30.8 Å². The summed E-state index contributed by atoms with van der Waals surface area (Å²) in [6, 6.07) is 12.2. The fourth-order valence-corrected chi connectivity index (χ4v) is 7.10. The number of benzene rings is 1. The van der Waals surface area contributed by atoms with E-state index >= 15 is 0 Å². The highest BCUT2D eigenvalue weighted by molar-refractivity contribution is 6.35. The fraction of sp³-hybridized carbons (Fsp3) is 0.421. The number of methoxy groups -OCH3 is 2. The minimum absolute atomic E-state index is 0.00252. The molecule has 4 N–H and O–H groups in total. The van der Waals surface area contributed by atoms with Crippen molar-refractivity contribution >= 4 is 17.5 Å². The van der Waals surface area contributed by atoms with Gasteiger partial charge in [0, 0.05) is 67.1 Å². The van der Waals surface area contributed by atoms with Crippen molar-refractivity contribution in [2.24, 2.45) is 0 Å². The first-order valence-corrected chi connectivity index (χ1v) is 17.9. The zero-order valence-electron chi connectivity index (χ0n) is 29.6. The molecule has 15 heteroatoms. The average molecular weight is 755 g/mol. The summed E-state index contributed by atoms with van der Waals surface area (Å²) in [5.41, 5.74) is 4.09. The van der Waals surface area contributed by atoms with Crippen molar-refractivity contribution in [2.45, 2.75) is 76.5 Å². The number of nitrogens with one attached hydrogen (secondary N) is 3. The molecular weight excluding hydrogens is 713 g/mol. The van der Waals surface area contributed by atoms with Gasteiger partial charge in [0.2, 0.25) is 23.5 Å². The second-order valence-electron chi connectivity index (χ2n) is 13.2. The summed E-state index contributed by atoms with van der Waals surface area (Å²) in [4.78, 5) is 25.1. The number of ether oxygens (including phenoxy) is 3. The van der Waals surface area contributed by atoms with Crippen molar-refractivity contribution in [1.82, 2.24) is 30.9 Å². The number of hydrogen-bond acceptors (Lipinski definition) is 10. The fourth-order valence-electron chi connectivity index (χ4n) is 6.79. The zero-order valence-corrected chi connectivity index (χ0v) is 30.4. The molecule has 0 saturated carbocycles. The summed E-state index contributed by atoms with van der Waals surface area (Å²) in [5.74, 6) is -0.0718. The lowest BCUT2D eigenvalue weighted by atomic mass is 9.85. The van der Waals surface area contributed by atoms with Crippen LogP contribution >= 0.6 is 11.6 Å². The van der Waals surface area contributed by atoms with Crippen LogP contribution in [0.3, 0.4) is 0 Å². The first-order chi connectivity index (χ1) is 25.5. The molecule has 1 unspecified atom stereocenters. The Bertz CT molecular complexity index is 1950. The van der Waals surface area contributed by atoms with Crippen LogP contribution in [-0.2, 0) is 30.5 Å². The second kappa shape index (κ2) is 16.7. The molecule has 4 heterocycles. The van der Waals surface area contributed by atoms with Gasteiger partial charge in [-0.3, -0.25) is 9.78 Å². The molecule has 11 nitrogen and oxygen atoms in total. The minimum Gasteiger partial charge on any atom is -0.481 e. The van der Waals surface area contributed by atoms with E-state index in [1.54, 1.807) is 26.3 Å². The summed E-state index contributed by atoms with van der Waals surface area (Å²) in [6.07, 6.45) is -1.41. The first-order valence-electron chi connectivity index (χ1n) is 17.5. The van der Waals surface area contributed by atoms with Gasteiger partial charge in [0.05, 0.1) is 36.7 Å². The topological polar surface area (TPSA) is 140 Å². The van der Waals surface area contributed by atoms with Crippen LogP contribution in [-0.4, -0.2) is 65.4 Å². The Hall–Kier alpha value is -4.50. The Kier molecular flexibility index (Phi) is 12.0. The molecule has 3 aromatic heterocycles. The molecule has 3 atom stereocenters. The van der Waals surface area contributed by atoms with Crippen LogP contribution in [0.15, 0.2) is 48.7 Å². The molecule has 1 saturated heterocycles. The molecular formula is C38H42ClF3N6O5. The number of pyridine rings is 3. The third-order valence-corrected chi connectivity index (χ3v) is 9.71. The Labute approximate surface area is 310 Å². The van der Waals surface area contributed by atoms with E-state index in [0.717, 1.165) is 34.7 Å². The van der Waals surface area contributed by atoms with Gasteiger partial charge in [0.25, 0.3) is 0 Å². The van der Waals surface area contributed by atoms with Crippen molar-refractivity contribution in [3.8, 4) is 40.2 Å². The van der Waals surface area contributed by atoms with Gasteiger partial charge in [-0.25, -0.2) is 4.98 Å². The summed E-state index contributed by atoms with van der Waals surface area (Å²) >= 11 is 7.07. The van der Waals surface area contributed by atoms with E-state index in [1.807, 2.05) is 30.3 Å². The predicted octanol–water partition coefficient (Wildman–Crippen LogP) is 6.19. The van der Waals surface area contributed by atoms with E-state index in [0.29, 0.717) is 66.6 Å². The van der Waals surface area contributed by atoms with Gasteiger partial charge in [-0.2, -0.15) is 18.2 Å². The van der Waals surface area contributed by atoms with Crippen LogP contribution in [0.2, 0.25) is 5.02 Å². The number of hydrogen-bond donors (Lipinski definition) is 4. The van der Waals surface area contributed by atoms with Crippen LogP contribution in [0.1, 0.15) is 66.5 Å². The largest absolute Gasteiger partial charge is 0.481 e. The highest BCUT2D eigenvalue weighted by Gasteiger charge is 2.38. The molecule has 0 radical (unpaired) electrons. The molecule has 1 aliphatic carbocycles. The molecule has 2 aliphatic rings. The number of nitrogens with zero attached hydrogens (tertiary/aromatic N) is 3. The molecule has 1 amide bonds. The number of alkyl halides is 3. The van der Waals surface area contributed by atoms with Gasteiger partial charge < -0.3 is 35.3 Å². The lowest BCUT2D eigenvalue weighted by Crippen LogP contribution is -2.35. The lowest BCUT2D eigenvalue weighted by Gasteiger charge is -2.29. The maximum atomic E-state index is 14.4. The Balaban J connectivity index is 1.27. The molecule has 0 spiro atoms. The molecule has 0 bridgehead atoms. The Morgan fingerprint density at radius 1 is 0.981 bits per heavy atom. The smallest absolute Gasteiger partial charge is 0.421 e. The number of aromatic nitrogens is 3. The molecule has 4 aromatic rings. The van der Waals surface area contributed by atoms with Crippen molar-refractivity contribution < 1.29 is 37.3 Å². The average Bonchev–Trinajstić information content (AvgIpc) is 3.56. The molecule has 1 fully saturated rings. The number of fused-ring (bicyclic) bond motifs is 1. The summed E-state index contributed by atoms with van der Waals surface area (Å²) in [7, 11) is 2.89. The van der Waals surface area contributed by atoms with Crippen LogP contribution < -0.4 is 30.2 Å². The Morgan fingerprint density at radius 3 is 2.47 bits per heavy atom. The molecule has 6 rings (SSSR count). The normalized spacial score (nSPS) is 17.6. The van der Waals surface area contributed by atoms with E-state index in [9.17, 15) is 23.1 Å². The van der Waals surface area contributed by atoms with Gasteiger partial charge in [-0.1, -0.05) is 35.9 Å². The number of aliphatic hydroxyl groups excluding tert-OH is 1. The van der Waals surface area contributed by atoms with E-state index < -0.39 is 29.8 Å². The standard InChI is InChI=1S/C38H42ClF3N6O5/c1-21(49)17-43-19-23-16-29(38(40,41)42)37(48-36(23)52-3)53-31-9-5-6-25-26(31)7-4-8-27(25)34-33(39)28(14-15-45-34)30-12-10-22(35(47-30)51-2)18-44-20-24-11-13-32(50)46-24/h4,7-8,10,12,14-16,21,24,31,43-44,49H,5-6,9,11,13,17-20H2,1-3H3,(H,46,50)/t21?,24-,31-/m1/s1. The molecule has 282 valence electrons. The zero-order chi connectivity index (χ0) is 37.7. The number of carbonyl (C=O) groups excluding carboxylic acids is 1. The Morgan fingerprint density at radius 2 is 1.75 bits per heavy atom. The maximum Gasteiger partial charge on any atom is 0.421 e. The van der Waals surface area contributed by atoms with Crippen molar-refractivity contribution in [2.75, 3.05) is 27.3 Å². The maximum absolute atomic E-state index is 14.4. The number of halogens is 4. The monoisotopic (exact) mass is 754 g/mol. The summed E-state index contributed by atoms with van der Waals surface area (Å²) < 4.78 is 60.3. The van der Waals surface area contributed by atoms with Crippen LogP contribution in [0.25, 0.3) is 22.5 Å². The van der Waals surface area contributed by atoms with Crippen LogP contribution in [0, 0.1) is 0 Å². The van der Waals surface area contributed by atoms with Crippen molar-refractivity contribution in [1.29, 1.82) is 0 Å². The van der Waals surface area contributed by atoms with Gasteiger partial charge in [0.1, 0.15) is 11.7 Å². The van der Waals surface area contributed by atoms with Gasteiger partial charge in [0.15, 0.2) is 0 Å². The summed E-state index contributed by atoms with van der Waals surface area (Å²) in [6.45, 7) is 2.90. The lowest BCUT2D eigenvalue weighted by molar-refractivity contribution is -0.139. The van der Waals surface area contributed by atoms with Crippen molar-refractivity contribution in [3.63, 3.8) is 0 Å². The molecule has 1 aromatic carbocycles. The van der Waals surface area contributed by atoms with Crippen LogP contribution in [0.4, 0.5) is 13.2 Å². The van der Waals surface area contributed by atoms with Crippen molar-refractivity contribution in [3.05, 3.63) is 81.5 Å². The molecule has 1 aliphatic heterocycles. The van der Waals surface area contributed by atoms with Gasteiger partial charge in [-0.15, -0.1) is 0 Å². The first kappa shape index (κ1) is 38.2. The van der Waals surface area contributed by atoms with E-state index in [-0.39, 0.29) is 36.5 Å². The third kappa shape index (κ3) is 8.84. The quantitative estimate of drug-likeness (QED) is 0.118. The number of amides is 1. The van der Waals surface area contributed by atoms with Gasteiger partial charge >= 0.3 is 6.18 Å². The molecule has 53 heavy (non-hydrogen) atoms. The minimum atomic E-state index is -4.75. The number of aliphatic hydroxyl groups is 1. The van der Waals surface area contributed by atoms with Gasteiger partial charge in [-0.05, 0) is 61.9 Å². The summed E-state index contributed by atoms with van der Waals surface area (Å²) in [5, 5.41) is 19.2. The highest BCUT2D eigenvalue weighted by Crippen LogP contribution is 2.44. The second-order valence-corrected chi connectivity index (χ2v) is 13.6. The van der Waals surface area contributed by atoms with E-state index in [2.05, 4.69) is 25.9 Å². The third-order valence-electron chi connectivity index (χ3n) is 9.33. The highest BCUT2D eigenvalue weighted by atomic mass is 35.5. The van der Waals surface area contributed by atoms with Crippen LogP contribution in [0.5, 0.6) is 17.6 Å². The number of carbonyl (C=O) groups is 1. The van der Waals surface area contributed by atoms with E-state index in [1.165, 1.54) is 7.11 Å². The predicted molar refractivity (Wildman–Crippen MR) is 193 cm³/mol. The SMILES string of the molecule is COc1nc(-c2ccnc(-c3cccc4c3CCC[C@H]4Oc3nc(OC)c(CNCC(C)O)cc3C(F)(F)F)c2Cl)ccc1CNC[C@H]1CCC(=O)N1. The number of rotatable bonds is 14.